The lowest BCUT2D eigenvalue weighted by Gasteiger charge is -2.22. The molecular weight excluding hydrogens is 360 g/mol. The van der Waals surface area contributed by atoms with Crippen LogP contribution >= 0.6 is 11.6 Å². The quantitative estimate of drug-likeness (QED) is 0.861. The zero-order valence-corrected chi connectivity index (χ0v) is 15.6. The van der Waals surface area contributed by atoms with Crippen molar-refractivity contribution in [2.75, 3.05) is 19.6 Å². The first-order chi connectivity index (χ1) is 11.8. The summed E-state index contributed by atoms with van der Waals surface area (Å²) in [6, 6.07) is 13.5. The highest BCUT2D eigenvalue weighted by molar-refractivity contribution is 7.89. The Balaban J connectivity index is 1.77. The summed E-state index contributed by atoms with van der Waals surface area (Å²) in [5, 5.41) is 0.498. The van der Waals surface area contributed by atoms with E-state index in [9.17, 15) is 8.42 Å². The summed E-state index contributed by atoms with van der Waals surface area (Å²) in [6.07, 6.45) is 0.774. The minimum Gasteiger partial charge on any atom is -0.456 e. The van der Waals surface area contributed by atoms with Gasteiger partial charge in [-0.25, -0.2) is 8.42 Å². The van der Waals surface area contributed by atoms with Crippen LogP contribution < -0.4 is 10.5 Å². The Bertz CT molecular complexity index is 855. The molecule has 1 fully saturated rings. The molecule has 2 N–H and O–H groups in total. The van der Waals surface area contributed by atoms with Crippen molar-refractivity contribution in [2.24, 2.45) is 11.1 Å². The molecule has 0 amide bonds. The molecular formula is C18H21ClN2O3S. The highest BCUT2D eigenvalue weighted by Gasteiger charge is 2.38. The summed E-state index contributed by atoms with van der Waals surface area (Å²) in [7, 11) is -3.52. The summed E-state index contributed by atoms with van der Waals surface area (Å²) in [6.45, 7) is 3.43. The van der Waals surface area contributed by atoms with Gasteiger partial charge in [0.2, 0.25) is 10.0 Å². The molecule has 0 aliphatic carbocycles. The molecule has 1 unspecified atom stereocenters. The maximum absolute atomic E-state index is 12.8. The lowest BCUT2D eigenvalue weighted by molar-refractivity contribution is 0.349. The number of hydrogen-bond acceptors (Lipinski definition) is 4. The molecule has 3 rings (SSSR count). The maximum Gasteiger partial charge on any atom is 0.243 e. The molecule has 1 aliphatic heterocycles. The fourth-order valence-corrected chi connectivity index (χ4v) is 4.60. The Labute approximate surface area is 153 Å². The van der Waals surface area contributed by atoms with Crippen molar-refractivity contribution in [3.8, 4) is 11.5 Å². The molecule has 2 aromatic carbocycles. The third kappa shape index (κ3) is 3.82. The Morgan fingerprint density at radius 1 is 1.20 bits per heavy atom. The molecule has 5 nitrogen and oxygen atoms in total. The van der Waals surface area contributed by atoms with E-state index in [1.54, 1.807) is 36.4 Å². The third-order valence-corrected chi connectivity index (χ3v) is 6.71. The van der Waals surface area contributed by atoms with Crippen molar-refractivity contribution in [2.45, 2.75) is 18.2 Å². The Hall–Kier alpha value is -1.60. The molecule has 0 spiro atoms. The van der Waals surface area contributed by atoms with Crippen LogP contribution in [0.4, 0.5) is 0 Å². The van der Waals surface area contributed by atoms with Crippen molar-refractivity contribution in [1.82, 2.24) is 4.31 Å². The number of nitrogens with zero attached hydrogens (tertiary/aromatic N) is 1. The molecule has 25 heavy (non-hydrogen) atoms. The van der Waals surface area contributed by atoms with Crippen molar-refractivity contribution in [3.63, 3.8) is 0 Å². The minimum atomic E-state index is -3.52. The van der Waals surface area contributed by atoms with E-state index >= 15 is 0 Å². The number of nitrogens with two attached hydrogens (primary N) is 1. The molecule has 1 atom stereocenters. The van der Waals surface area contributed by atoms with Gasteiger partial charge in [0.1, 0.15) is 11.5 Å². The monoisotopic (exact) mass is 380 g/mol. The fourth-order valence-electron chi connectivity index (χ4n) is 2.83. The second-order valence-electron chi connectivity index (χ2n) is 6.61. The van der Waals surface area contributed by atoms with Crippen molar-refractivity contribution in [3.05, 3.63) is 53.6 Å². The van der Waals surface area contributed by atoms with Crippen LogP contribution in [0.2, 0.25) is 5.02 Å². The third-order valence-electron chi connectivity index (χ3n) is 4.54. The largest absolute Gasteiger partial charge is 0.456 e. The minimum absolute atomic E-state index is 0.153. The second kappa shape index (κ2) is 6.96. The predicted molar refractivity (Wildman–Crippen MR) is 98.5 cm³/mol. The van der Waals surface area contributed by atoms with Crippen molar-refractivity contribution in [1.29, 1.82) is 0 Å². The molecule has 1 heterocycles. The van der Waals surface area contributed by atoms with E-state index in [1.807, 2.05) is 19.1 Å². The average Bonchev–Trinajstić information content (AvgIpc) is 3.01. The van der Waals surface area contributed by atoms with E-state index in [1.165, 1.54) is 4.31 Å². The lowest BCUT2D eigenvalue weighted by atomic mass is 9.90. The van der Waals surface area contributed by atoms with Crippen LogP contribution in [0.3, 0.4) is 0 Å². The highest BCUT2D eigenvalue weighted by Crippen LogP contribution is 2.33. The van der Waals surface area contributed by atoms with Crippen LogP contribution in [0, 0.1) is 5.41 Å². The summed E-state index contributed by atoms with van der Waals surface area (Å²) < 4.78 is 32.8. The molecule has 2 aromatic rings. The van der Waals surface area contributed by atoms with E-state index in [-0.39, 0.29) is 10.3 Å². The number of para-hydroxylation sites is 1. The van der Waals surface area contributed by atoms with Gasteiger partial charge in [-0.1, -0.05) is 30.7 Å². The summed E-state index contributed by atoms with van der Waals surface area (Å²) in [5.74, 6) is 1.05. The summed E-state index contributed by atoms with van der Waals surface area (Å²) in [5.41, 5.74) is 5.62. The van der Waals surface area contributed by atoms with Crippen LogP contribution in [-0.4, -0.2) is 32.4 Å². The van der Waals surface area contributed by atoms with E-state index in [4.69, 9.17) is 22.1 Å². The van der Waals surface area contributed by atoms with Crippen molar-refractivity contribution < 1.29 is 13.2 Å². The molecule has 1 aliphatic rings. The molecule has 0 bridgehead atoms. The SMILES string of the molecule is CC1(CN)CCN(S(=O)(=O)c2ccc(Oc3ccccc3Cl)cc2)C1. The smallest absolute Gasteiger partial charge is 0.243 e. The maximum atomic E-state index is 12.8. The van der Waals surface area contributed by atoms with E-state index < -0.39 is 10.0 Å². The van der Waals surface area contributed by atoms with Gasteiger partial charge >= 0.3 is 0 Å². The molecule has 1 saturated heterocycles. The van der Waals surface area contributed by atoms with Gasteiger partial charge in [-0.3, -0.25) is 0 Å². The normalized spacial score (nSPS) is 21.4. The number of ether oxygens (including phenoxy) is 1. The Morgan fingerprint density at radius 3 is 2.48 bits per heavy atom. The van der Waals surface area contributed by atoms with Gasteiger partial charge < -0.3 is 10.5 Å². The van der Waals surface area contributed by atoms with Gasteiger partial charge in [0.05, 0.1) is 9.92 Å². The standard InChI is InChI=1S/C18H21ClN2O3S/c1-18(12-20)10-11-21(13-18)25(22,23)15-8-6-14(7-9-15)24-17-5-3-2-4-16(17)19/h2-9H,10-13,20H2,1H3. The van der Waals surface area contributed by atoms with E-state index in [2.05, 4.69) is 0 Å². The number of benzene rings is 2. The zero-order valence-electron chi connectivity index (χ0n) is 14.0. The van der Waals surface area contributed by atoms with Crippen LogP contribution in [0.5, 0.6) is 11.5 Å². The summed E-state index contributed by atoms with van der Waals surface area (Å²) >= 11 is 6.07. The topological polar surface area (TPSA) is 72.6 Å². The number of halogens is 1. The fraction of sp³-hybridized carbons (Fsp3) is 0.333. The first-order valence-corrected chi connectivity index (χ1v) is 9.89. The van der Waals surface area contributed by atoms with Gasteiger partial charge in [0.25, 0.3) is 0 Å². The number of hydrogen-bond donors (Lipinski definition) is 1. The van der Waals surface area contributed by atoms with Crippen molar-refractivity contribution >= 4 is 21.6 Å². The van der Waals surface area contributed by atoms with E-state index in [0.717, 1.165) is 6.42 Å². The molecule has 134 valence electrons. The van der Waals surface area contributed by atoms with Crippen LogP contribution in [0.25, 0.3) is 0 Å². The first-order valence-electron chi connectivity index (χ1n) is 8.07. The average molecular weight is 381 g/mol. The van der Waals surface area contributed by atoms with Gasteiger partial charge in [-0.15, -0.1) is 0 Å². The van der Waals surface area contributed by atoms with Crippen LogP contribution in [0.1, 0.15) is 13.3 Å². The molecule has 7 heteroatoms. The number of sulfonamides is 1. The van der Waals surface area contributed by atoms with Gasteiger partial charge in [0.15, 0.2) is 0 Å². The van der Waals surface area contributed by atoms with Gasteiger partial charge in [-0.2, -0.15) is 4.31 Å². The summed E-state index contributed by atoms with van der Waals surface area (Å²) in [4.78, 5) is 0.250. The second-order valence-corrected chi connectivity index (χ2v) is 8.95. The Morgan fingerprint density at radius 2 is 1.88 bits per heavy atom. The first kappa shape index (κ1) is 18.2. The molecule has 0 saturated carbocycles. The van der Waals surface area contributed by atoms with Gasteiger partial charge in [-0.05, 0) is 54.8 Å². The predicted octanol–water partition coefficient (Wildman–Crippen LogP) is 3.49. The zero-order chi connectivity index (χ0) is 18.1. The van der Waals surface area contributed by atoms with Crippen LogP contribution in [0.15, 0.2) is 53.4 Å². The highest BCUT2D eigenvalue weighted by atomic mass is 35.5. The molecule has 0 aromatic heterocycles. The van der Waals surface area contributed by atoms with Crippen LogP contribution in [-0.2, 0) is 10.0 Å². The van der Waals surface area contributed by atoms with Gasteiger partial charge in [0, 0.05) is 13.1 Å². The lowest BCUT2D eigenvalue weighted by Crippen LogP contribution is -2.34. The molecule has 0 radical (unpaired) electrons. The van der Waals surface area contributed by atoms with E-state index in [0.29, 0.717) is 36.2 Å². The number of rotatable bonds is 5. The Kier molecular flexibility index (Phi) is 5.06.